The Morgan fingerprint density at radius 2 is 1.74 bits per heavy atom. The third kappa shape index (κ3) is 4.58. The highest BCUT2D eigenvalue weighted by atomic mass is 35.5. The molecule has 1 aromatic rings. The van der Waals surface area contributed by atoms with Crippen LogP contribution in [0.5, 0.6) is 0 Å². The van der Waals surface area contributed by atoms with E-state index in [-0.39, 0.29) is 17.8 Å². The number of ketones is 1. The maximum Gasteiger partial charge on any atom is 0.143 e. The van der Waals surface area contributed by atoms with E-state index in [9.17, 15) is 4.79 Å². The Bertz CT molecular complexity index is 468. The lowest BCUT2D eigenvalue weighted by molar-refractivity contribution is -0.127. The van der Waals surface area contributed by atoms with Gasteiger partial charge in [0.15, 0.2) is 0 Å². The first-order valence-corrected chi connectivity index (χ1v) is 8.84. The first-order chi connectivity index (χ1) is 10.6. The van der Waals surface area contributed by atoms with Gasteiger partial charge in [0.2, 0.25) is 0 Å². The zero-order valence-corrected chi connectivity index (χ0v) is 15.7. The minimum absolute atomic E-state index is 0. The summed E-state index contributed by atoms with van der Waals surface area (Å²) in [6, 6.07) is 10.6. The van der Waals surface area contributed by atoms with Gasteiger partial charge in [-0.3, -0.25) is 4.79 Å². The van der Waals surface area contributed by atoms with E-state index in [1.165, 1.54) is 37.7 Å². The van der Waals surface area contributed by atoms with Crippen molar-refractivity contribution in [3.05, 3.63) is 35.9 Å². The van der Waals surface area contributed by atoms with Gasteiger partial charge in [0, 0.05) is 6.42 Å². The normalized spacial score (nSPS) is 18.3. The molecule has 130 valence electrons. The average molecular weight is 338 g/mol. The van der Waals surface area contributed by atoms with Crippen molar-refractivity contribution in [3.8, 4) is 0 Å². The van der Waals surface area contributed by atoms with Crippen LogP contribution in [0.25, 0.3) is 0 Å². The van der Waals surface area contributed by atoms with Gasteiger partial charge in [-0.15, -0.1) is 12.4 Å². The molecule has 0 aromatic heterocycles. The third-order valence-electron chi connectivity index (χ3n) is 5.36. The summed E-state index contributed by atoms with van der Waals surface area (Å²) in [5.41, 5.74) is 0.969. The fourth-order valence-electron chi connectivity index (χ4n) is 4.16. The Morgan fingerprint density at radius 3 is 2.26 bits per heavy atom. The van der Waals surface area contributed by atoms with Crippen LogP contribution in [-0.2, 0) is 10.2 Å². The second kappa shape index (κ2) is 9.44. The minimum Gasteiger partial charge on any atom is -0.309 e. The average Bonchev–Trinajstić information content (AvgIpc) is 2.57. The minimum atomic E-state index is -0.277. The Balaban J connectivity index is 0.00000264. The number of carbonyl (C=O) groups is 1. The van der Waals surface area contributed by atoms with Gasteiger partial charge in [-0.25, -0.2) is 0 Å². The predicted octanol–water partition coefficient (Wildman–Crippen LogP) is 4.86. The molecular formula is C20H32ClNO. The number of Topliss-reactive ketones (excluding diaryl/α,β-unsaturated/α-hetero) is 1. The second-order valence-corrected chi connectivity index (χ2v) is 7.00. The van der Waals surface area contributed by atoms with Crippen molar-refractivity contribution in [3.63, 3.8) is 0 Å². The van der Waals surface area contributed by atoms with E-state index in [4.69, 9.17) is 0 Å². The molecule has 0 bridgehead atoms. The molecule has 23 heavy (non-hydrogen) atoms. The van der Waals surface area contributed by atoms with Gasteiger partial charge in [-0.2, -0.15) is 0 Å². The highest BCUT2D eigenvalue weighted by Gasteiger charge is 2.45. The Hall–Kier alpha value is -0.860. The lowest BCUT2D eigenvalue weighted by atomic mass is 9.60. The van der Waals surface area contributed by atoms with E-state index in [0.29, 0.717) is 18.1 Å². The summed E-state index contributed by atoms with van der Waals surface area (Å²) >= 11 is 0. The standard InChI is InChI=1S/C20H31NO.ClH/c1-4-19(22)20(15-16-21(2)3,17-11-7-5-8-12-17)18-13-9-6-10-14-18;/h5,7-8,11-12,18H,4,6,9-10,13-16H2,1-3H3;1H. The largest absolute Gasteiger partial charge is 0.309 e. The molecule has 1 aliphatic carbocycles. The molecule has 1 aliphatic rings. The van der Waals surface area contributed by atoms with Gasteiger partial charge in [0.05, 0.1) is 5.41 Å². The molecule has 0 spiro atoms. The van der Waals surface area contributed by atoms with Crippen molar-refractivity contribution >= 4 is 18.2 Å². The molecule has 0 saturated heterocycles. The van der Waals surface area contributed by atoms with Crippen LogP contribution >= 0.6 is 12.4 Å². The van der Waals surface area contributed by atoms with E-state index in [2.05, 4.69) is 49.3 Å². The van der Waals surface area contributed by atoms with Crippen molar-refractivity contribution in [2.24, 2.45) is 5.92 Å². The van der Waals surface area contributed by atoms with Crippen LogP contribution in [0.3, 0.4) is 0 Å². The molecule has 0 aliphatic heterocycles. The number of nitrogens with zero attached hydrogens (tertiary/aromatic N) is 1. The van der Waals surface area contributed by atoms with Crippen LogP contribution in [0.1, 0.15) is 57.4 Å². The van der Waals surface area contributed by atoms with E-state index < -0.39 is 0 Å². The molecule has 1 aromatic carbocycles. The fraction of sp³-hybridized carbons (Fsp3) is 0.650. The Morgan fingerprint density at radius 1 is 1.13 bits per heavy atom. The van der Waals surface area contributed by atoms with Crippen molar-refractivity contribution in [1.82, 2.24) is 4.90 Å². The highest BCUT2D eigenvalue weighted by molar-refractivity contribution is 5.90. The van der Waals surface area contributed by atoms with E-state index in [1.54, 1.807) is 0 Å². The van der Waals surface area contributed by atoms with Crippen LogP contribution in [0, 0.1) is 5.92 Å². The zero-order valence-electron chi connectivity index (χ0n) is 14.9. The third-order valence-corrected chi connectivity index (χ3v) is 5.36. The van der Waals surface area contributed by atoms with Crippen molar-refractivity contribution < 1.29 is 4.79 Å². The van der Waals surface area contributed by atoms with Crippen LogP contribution in [0.15, 0.2) is 30.3 Å². The van der Waals surface area contributed by atoms with Gasteiger partial charge < -0.3 is 4.90 Å². The summed E-state index contributed by atoms with van der Waals surface area (Å²) < 4.78 is 0. The molecule has 1 fully saturated rings. The van der Waals surface area contributed by atoms with Crippen molar-refractivity contribution in [1.29, 1.82) is 0 Å². The van der Waals surface area contributed by atoms with Crippen molar-refractivity contribution in [2.75, 3.05) is 20.6 Å². The number of benzene rings is 1. The number of hydrogen-bond donors (Lipinski definition) is 0. The van der Waals surface area contributed by atoms with Gasteiger partial charge in [0.1, 0.15) is 5.78 Å². The monoisotopic (exact) mass is 337 g/mol. The quantitative estimate of drug-likeness (QED) is 0.708. The zero-order chi connectivity index (χ0) is 16.0. The molecule has 2 nitrogen and oxygen atoms in total. The first-order valence-electron chi connectivity index (χ1n) is 8.84. The molecule has 3 heteroatoms. The summed E-state index contributed by atoms with van der Waals surface area (Å²) in [7, 11) is 4.21. The number of rotatable bonds is 7. The highest BCUT2D eigenvalue weighted by Crippen LogP contribution is 2.45. The van der Waals surface area contributed by atoms with Crippen LogP contribution in [0.2, 0.25) is 0 Å². The smallest absolute Gasteiger partial charge is 0.143 e. The van der Waals surface area contributed by atoms with Gasteiger partial charge in [-0.05, 0) is 51.4 Å². The molecule has 0 heterocycles. The second-order valence-electron chi connectivity index (χ2n) is 7.00. The molecule has 1 atom stereocenters. The van der Waals surface area contributed by atoms with Gasteiger partial charge in [-0.1, -0.05) is 56.5 Å². The summed E-state index contributed by atoms with van der Waals surface area (Å²) in [5, 5.41) is 0. The lowest BCUT2D eigenvalue weighted by Gasteiger charge is -2.43. The van der Waals surface area contributed by atoms with E-state index in [1.807, 2.05) is 6.92 Å². The first kappa shape index (κ1) is 20.2. The molecule has 1 saturated carbocycles. The molecular weight excluding hydrogens is 306 g/mol. The molecule has 1 unspecified atom stereocenters. The fourth-order valence-corrected chi connectivity index (χ4v) is 4.16. The summed E-state index contributed by atoms with van der Waals surface area (Å²) in [5.74, 6) is 0.948. The maximum atomic E-state index is 13.1. The molecule has 0 N–H and O–H groups in total. The van der Waals surface area contributed by atoms with Crippen LogP contribution in [-0.4, -0.2) is 31.3 Å². The SMILES string of the molecule is CCC(=O)C(CCN(C)C)(c1ccccc1)C1CCCCC1.Cl. The topological polar surface area (TPSA) is 20.3 Å². The summed E-state index contributed by atoms with van der Waals surface area (Å²) in [6.45, 7) is 3.00. The van der Waals surface area contributed by atoms with E-state index >= 15 is 0 Å². The molecule has 0 amide bonds. The summed E-state index contributed by atoms with van der Waals surface area (Å²) in [4.78, 5) is 15.3. The molecule has 0 radical (unpaired) electrons. The Kier molecular flexibility index (Phi) is 8.28. The van der Waals surface area contributed by atoms with Crippen molar-refractivity contribution in [2.45, 2.75) is 57.3 Å². The van der Waals surface area contributed by atoms with Gasteiger partial charge >= 0.3 is 0 Å². The summed E-state index contributed by atoms with van der Waals surface area (Å²) in [6.07, 6.45) is 7.87. The molecule has 2 rings (SSSR count). The van der Waals surface area contributed by atoms with Crippen LogP contribution < -0.4 is 0 Å². The predicted molar refractivity (Wildman–Crippen MR) is 100 cm³/mol. The maximum absolute atomic E-state index is 13.1. The van der Waals surface area contributed by atoms with Crippen LogP contribution in [0.4, 0.5) is 0 Å². The number of hydrogen-bond acceptors (Lipinski definition) is 2. The van der Waals surface area contributed by atoms with Gasteiger partial charge in [0.25, 0.3) is 0 Å². The Labute approximate surface area is 148 Å². The lowest BCUT2D eigenvalue weighted by Crippen LogP contribution is -2.45. The van der Waals surface area contributed by atoms with E-state index in [0.717, 1.165) is 13.0 Å². The number of carbonyl (C=O) groups excluding carboxylic acids is 1. The number of halogens is 1.